The number of carbonyl (C=O) groups excluding carboxylic acids is 1. The molecule has 4 rings (SSSR count). The van der Waals surface area contributed by atoms with Crippen LogP contribution in [0.1, 0.15) is 32.4 Å². The van der Waals surface area contributed by atoms with Crippen molar-refractivity contribution in [1.82, 2.24) is 5.32 Å². The number of carbonyl (C=O) groups is 1. The van der Waals surface area contributed by atoms with Crippen LogP contribution in [0.5, 0.6) is 0 Å². The van der Waals surface area contributed by atoms with Crippen molar-refractivity contribution in [3.8, 4) is 0 Å². The van der Waals surface area contributed by atoms with E-state index in [9.17, 15) is 9.18 Å². The number of thiophene rings is 1. The molecule has 0 saturated heterocycles. The van der Waals surface area contributed by atoms with Gasteiger partial charge in [-0.2, -0.15) is 0 Å². The van der Waals surface area contributed by atoms with Gasteiger partial charge in [-0.25, -0.2) is 4.39 Å². The first-order valence-corrected chi connectivity index (χ1v) is 10.6. The summed E-state index contributed by atoms with van der Waals surface area (Å²) in [7, 11) is 0. The van der Waals surface area contributed by atoms with Gasteiger partial charge in [-0.3, -0.25) is 4.79 Å². The minimum atomic E-state index is -0.600. The summed E-state index contributed by atoms with van der Waals surface area (Å²) in [5.41, 5.74) is 2.67. The Kier molecular flexibility index (Phi) is 5.76. The fraction of sp³-hybridized carbons (Fsp3) is 0.227. The highest BCUT2D eigenvalue weighted by molar-refractivity contribution is 7.10. The number of hydrogen-bond donors (Lipinski definition) is 2. The van der Waals surface area contributed by atoms with Crippen LogP contribution in [-0.4, -0.2) is 19.0 Å². The van der Waals surface area contributed by atoms with E-state index in [1.54, 1.807) is 11.3 Å². The summed E-state index contributed by atoms with van der Waals surface area (Å²) >= 11 is 7.73. The molecule has 3 aromatic rings. The summed E-state index contributed by atoms with van der Waals surface area (Å²) in [6.07, 6.45) is 1.01. The Bertz CT molecular complexity index is 956. The van der Waals surface area contributed by atoms with Crippen LogP contribution in [0, 0.1) is 5.82 Å². The molecule has 28 heavy (non-hydrogen) atoms. The van der Waals surface area contributed by atoms with E-state index in [1.165, 1.54) is 39.1 Å². The van der Waals surface area contributed by atoms with E-state index >= 15 is 0 Å². The van der Waals surface area contributed by atoms with Crippen LogP contribution in [0.25, 0.3) is 0 Å². The number of nitrogens with one attached hydrogen (secondary N) is 2. The van der Waals surface area contributed by atoms with E-state index in [0.717, 1.165) is 19.5 Å². The molecule has 144 valence electrons. The van der Waals surface area contributed by atoms with Gasteiger partial charge >= 0.3 is 0 Å². The number of fused-ring (bicyclic) bond motifs is 1. The maximum Gasteiger partial charge on any atom is 0.256 e. The Labute approximate surface area is 172 Å². The fourth-order valence-corrected chi connectivity index (χ4v) is 4.97. The number of quaternary nitrogens is 1. The zero-order valence-corrected chi connectivity index (χ0v) is 16.8. The molecule has 1 amide bonds. The molecule has 0 spiro atoms. The van der Waals surface area contributed by atoms with Gasteiger partial charge in [-0.05, 0) is 29.1 Å². The molecule has 1 aromatic heterocycles. The van der Waals surface area contributed by atoms with Gasteiger partial charge in [0.2, 0.25) is 0 Å². The lowest BCUT2D eigenvalue weighted by Gasteiger charge is -2.32. The van der Waals surface area contributed by atoms with E-state index in [4.69, 9.17) is 11.6 Å². The first-order chi connectivity index (χ1) is 13.6. The monoisotopic (exact) mass is 415 g/mol. The molecular weight excluding hydrogens is 395 g/mol. The molecule has 6 heteroatoms. The standard InChI is InChI=1S/C22H20ClFN2OS/c23-17-7-3-8-18(24)21(17)22(27)25-13-19(20-9-4-12-28-20)26-11-10-15-5-1-2-6-16(15)14-26/h1-9,12,19H,10-11,13-14H2,(H,25,27)/p+1/t19-/m1/s1. The Hall–Kier alpha value is -2.21. The third-order valence-corrected chi connectivity index (χ3v) is 6.59. The molecular formula is C22H21ClFN2OS+. The lowest BCUT2D eigenvalue weighted by Crippen LogP contribution is -3.12. The molecule has 0 radical (unpaired) electrons. The fourth-order valence-electron chi connectivity index (χ4n) is 3.83. The van der Waals surface area contributed by atoms with Crippen molar-refractivity contribution < 1.29 is 14.1 Å². The first kappa shape index (κ1) is 19.1. The lowest BCUT2D eigenvalue weighted by atomic mass is 9.98. The predicted molar refractivity (Wildman–Crippen MR) is 110 cm³/mol. The molecule has 1 aliphatic heterocycles. The van der Waals surface area contributed by atoms with Gasteiger partial charge in [0, 0.05) is 12.0 Å². The van der Waals surface area contributed by atoms with Crippen molar-refractivity contribution in [1.29, 1.82) is 0 Å². The molecule has 2 atom stereocenters. The Morgan fingerprint density at radius 1 is 1.14 bits per heavy atom. The van der Waals surface area contributed by atoms with Crippen LogP contribution < -0.4 is 10.2 Å². The molecule has 0 bridgehead atoms. The number of benzene rings is 2. The van der Waals surface area contributed by atoms with Gasteiger partial charge in [0.05, 0.1) is 28.6 Å². The van der Waals surface area contributed by atoms with Crippen LogP contribution in [0.2, 0.25) is 5.02 Å². The zero-order chi connectivity index (χ0) is 19.5. The molecule has 2 heterocycles. The highest BCUT2D eigenvalue weighted by Crippen LogP contribution is 2.21. The van der Waals surface area contributed by atoms with Crippen molar-refractivity contribution in [2.24, 2.45) is 0 Å². The maximum absolute atomic E-state index is 14.1. The molecule has 0 fully saturated rings. The highest BCUT2D eigenvalue weighted by Gasteiger charge is 2.30. The third kappa shape index (κ3) is 3.97. The zero-order valence-electron chi connectivity index (χ0n) is 15.3. The highest BCUT2D eigenvalue weighted by atomic mass is 35.5. The molecule has 2 N–H and O–H groups in total. The molecule has 1 aliphatic rings. The summed E-state index contributed by atoms with van der Waals surface area (Å²) in [4.78, 5) is 15.2. The maximum atomic E-state index is 14.1. The second kappa shape index (κ2) is 8.43. The van der Waals surface area contributed by atoms with Crippen molar-refractivity contribution >= 4 is 28.8 Å². The number of amides is 1. The summed E-state index contributed by atoms with van der Waals surface area (Å²) in [6, 6.07) is 17.0. The smallest absolute Gasteiger partial charge is 0.256 e. The van der Waals surface area contributed by atoms with Crippen LogP contribution in [0.3, 0.4) is 0 Å². The molecule has 1 unspecified atom stereocenters. The summed E-state index contributed by atoms with van der Waals surface area (Å²) in [5, 5.41) is 5.09. The Morgan fingerprint density at radius 3 is 2.71 bits per heavy atom. The second-order valence-electron chi connectivity index (χ2n) is 6.98. The minimum absolute atomic E-state index is 0.0897. The van der Waals surface area contributed by atoms with Crippen LogP contribution in [-0.2, 0) is 13.0 Å². The van der Waals surface area contributed by atoms with Crippen LogP contribution in [0.15, 0.2) is 60.0 Å². The normalized spacial score (nSPS) is 17.0. The van der Waals surface area contributed by atoms with Crippen molar-refractivity contribution in [2.75, 3.05) is 13.1 Å². The molecule has 0 aliphatic carbocycles. The largest absolute Gasteiger partial charge is 0.346 e. The summed E-state index contributed by atoms with van der Waals surface area (Å²) in [6.45, 7) is 2.34. The third-order valence-electron chi connectivity index (χ3n) is 5.29. The molecule has 0 saturated carbocycles. The van der Waals surface area contributed by atoms with Gasteiger partial charge < -0.3 is 10.2 Å². The van der Waals surface area contributed by atoms with Crippen LogP contribution >= 0.6 is 22.9 Å². The molecule has 3 nitrogen and oxygen atoms in total. The van der Waals surface area contributed by atoms with Gasteiger partial charge in [0.15, 0.2) is 0 Å². The van der Waals surface area contributed by atoms with Crippen molar-refractivity contribution in [3.05, 3.63) is 92.4 Å². The van der Waals surface area contributed by atoms with Gasteiger partial charge in [-0.15, -0.1) is 11.3 Å². The minimum Gasteiger partial charge on any atom is -0.346 e. The lowest BCUT2D eigenvalue weighted by molar-refractivity contribution is -0.945. The Morgan fingerprint density at radius 2 is 1.96 bits per heavy atom. The summed E-state index contributed by atoms with van der Waals surface area (Å²) in [5.74, 6) is -1.07. The van der Waals surface area contributed by atoms with Gasteiger partial charge in [-0.1, -0.05) is 48.0 Å². The van der Waals surface area contributed by atoms with Crippen molar-refractivity contribution in [3.63, 3.8) is 0 Å². The molecule has 2 aromatic carbocycles. The van der Waals surface area contributed by atoms with Gasteiger partial charge in [0.25, 0.3) is 5.91 Å². The SMILES string of the molecule is O=C(NC[C@H](c1cccs1)[NH+]1CCc2ccccc2C1)c1c(F)cccc1Cl. The van der Waals surface area contributed by atoms with Gasteiger partial charge in [0.1, 0.15) is 18.4 Å². The number of hydrogen-bond acceptors (Lipinski definition) is 2. The van der Waals surface area contributed by atoms with E-state index in [1.807, 2.05) is 6.07 Å². The van der Waals surface area contributed by atoms with E-state index < -0.39 is 11.7 Å². The second-order valence-corrected chi connectivity index (χ2v) is 8.36. The van der Waals surface area contributed by atoms with Crippen LogP contribution in [0.4, 0.5) is 4.39 Å². The van der Waals surface area contributed by atoms with E-state index in [-0.39, 0.29) is 16.6 Å². The first-order valence-electron chi connectivity index (χ1n) is 9.30. The van der Waals surface area contributed by atoms with Crippen molar-refractivity contribution in [2.45, 2.75) is 19.0 Å². The average molecular weight is 416 g/mol. The number of rotatable bonds is 5. The van der Waals surface area contributed by atoms with E-state index in [0.29, 0.717) is 6.54 Å². The quantitative estimate of drug-likeness (QED) is 0.655. The summed E-state index contributed by atoms with van der Waals surface area (Å²) < 4.78 is 14.1. The predicted octanol–water partition coefficient (Wildman–Crippen LogP) is 3.65. The average Bonchev–Trinajstić information content (AvgIpc) is 3.22. The Balaban J connectivity index is 1.53. The number of halogens is 2. The topological polar surface area (TPSA) is 33.5 Å². The van der Waals surface area contributed by atoms with E-state index in [2.05, 4.69) is 41.0 Å².